The molecule has 6 heteroatoms. The second kappa shape index (κ2) is 7.26. The molecule has 0 aliphatic rings. The minimum atomic E-state index is 0.522. The van der Waals surface area contributed by atoms with Crippen molar-refractivity contribution in [1.29, 1.82) is 0 Å². The molecular formula is C12H17BrClN3S. The fraction of sp³-hybridized carbons (Fsp3) is 0.500. The van der Waals surface area contributed by atoms with Gasteiger partial charge in [0.1, 0.15) is 5.82 Å². The number of nitrogens with zero attached hydrogens (tertiary/aromatic N) is 2. The lowest BCUT2D eigenvalue weighted by Crippen LogP contribution is -2.31. The Bertz CT molecular complexity index is 426. The first-order chi connectivity index (χ1) is 8.40. The Morgan fingerprint density at radius 3 is 2.78 bits per heavy atom. The third kappa shape index (κ3) is 5.08. The fourth-order valence-corrected chi connectivity index (χ4v) is 2.59. The highest BCUT2D eigenvalue weighted by molar-refractivity contribution is 9.10. The summed E-state index contributed by atoms with van der Waals surface area (Å²) in [4.78, 5) is 7.07. The molecule has 0 saturated carbocycles. The zero-order valence-corrected chi connectivity index (χ0v) is 13.6. The lowest BCUT2D eigenvalue weighted by atomic mass is 10.2. The standard InChI is InChI=1S/C12H17BrClN3S/c1-8(2)7-17(4-3-11(15)18)12-10(13)5-9(14)6-16-12/h5-6,8H,3-4,7H2,1-2H3,(H2,15,18). The number of aromatic nitrogens is 1. The van der Waals surface area contributed by atoms with E-state index >= 15 is 0 Å². The number of rotatable bonds is 6. The third-order valence-corrected chi connectivity index (χ3v) is 3.30. The molecule has 1 heterocycles. The van der Waals surface area contributed by atoms with Crippen molar-refractivity contribution in [2.75, 3.05) is 18.0 Å². The van der Waals surface area contributed by atoms with E-state index in [9.17, 15) is 0 Å². The number of anilines is 1. The van der Waals surface area contributed by atoms with E-state index in [1.807, 2.05) is 6.07 Å². The molecule has 0 aromatic carbocycles. The van der Waals surface area contributed by atoms with E-state index in [1.165, 1.54) is 0 Å². The summed E-state index contributed by atoms with van der Waals surface area (Å²) in [6.45, 7) is 5.99. The molecule has 100 valence electrons. The minimum Gasteiger partial charge on any atom is -0.393 e. The van der Waals surface area contributed by atoms with Crippen LogP contribution in [-0.4, -0.2) is 23.1 Å². The summed E-state index contributed by atoms with van der Waals surface area (Å²) in [5.74, 6) is 1.41. The van der Waals surface area contributed by atoms with Gasteiger partial charge in [0, 0.05) is 25.7 Å². The lowest BCUT2D eigenvalue weighted by molar-refractivity contribution is 0.608. The van der Waals surface area contributed by atoms with Gasteiger partial charge in [-0.05, 0) is 27.9 Å². The smallest absolute Gasteiger partial charge is 0.142 e. The van der Waals surface area contributed by atoms with E-state index in [0.717, 1.165) is 23.4 Å². The largest absolute Gasteiger partial charge is 0.393 e. The molecule has 18 heavy (non-hydrogen) atoms. The second-order valence-electron chi connectivity index (χ2n) is 4.52. The predicted molar refractivity (Wildman–Crippen MR) is 85.4 cm³/mol. The van der Waals surface area contributed by atoms with Crippen LogP contribution in [0.3, 0.4) is 0 Å². The number of nitrogens with two attached hydrogens (primary N) is 1. The van der Waals surface area contributed by atoms with Crippen molar-refractivity contribution in [1.82, 2.24) is 4.98 Å². The van der Waals surface area contributed by atoms with E-state index < -0.39 is 0 Å². The molecule has 0 spiro atoms. The Kier molecular flexibility index (Phi) is 6.32. The van der Waals surface area contributed by atoms with Gasteiger partial charge in [0.05, 0.1) is 14.5 Å². The molecule has 0 aliphatic heterocycles. The topological polar surface area (TPSA) is 42.1 Å². The van der Waals surface area contributed by atoms with Crippen molar-refractivity contribution in [2.24, 2.45) is 11.7 Å². The van der Waals surface area contributed by atoms with Crippen LogP contribution in [0.4, 0.5) is 5.82 Å². The Morgan fingerprint density at radius 1 is 1.61 bits per heavy atom. The first-order valence-corrected chi connectivity index (χ1v) is 7.32. The quantitative estimate of drug-likeness (QED) is 0.795. The maximum Gasteiger partial charge on any atom is 0.142 e. The molecule has 1 aromatic rings. The van der Waals surface area contributed by atoms with Crippen LogP contribution in [0.5, 0.6) is 0 Å². The van der Waals surface area contributed by atoms with Crippen LogP contribution in [0.1, 0.15) is 20.3 Å². The van der Waals surface area contributed by atoms with Crippen molar-refractivity contribution in [3.05, 3.63) is 21.8 Å². The zero-order chi connectivity index (χ0) is 13.7. The van der Waals surface area contributed by atoms with Crippen molar-refractivity contribution in [3.63, 3.8) is 0 Å². The highest BCUT2D eigenvalue weighted by Gasteiger charge is 2.13. The van der Waals surface area contributed by atoms with E-state index in [1.54, 1.807) is 6.20 Å². The summed E-state index contributed by atoms with van der Waals surface area (Å²) < 4.78 is 0.888. The normalized spacial score (nSPS) is 10.7. The van der Waals surface area contributed by atoms with Crippen LogP contribution in [0.15, 0.2) is 16.7 Å². The summed E-state index contributed by atoms with van der Waals surface area (Å²) in [6.07, 6.45) is 2.33. The number of thiocarbonyl (C=S) groups is 1. The highest BCUT2D eigenvalue weighted by Crippen LogP contribution is 2.27. The van der Waals surface area contributed by atoms with E-state index in [2.05, 4.69) is 39.7 Å². The molecule has 0 saturated heterocycles. The van der Waals surface area contributed by atoms with Gasteiger partial charge < -0.3 is 10.6 Å². The van der Waals surface area contributed by atoms with Gasteiger partial charge in [0.2, 0.25) is 0 Å². The Balaban J connectivity index is 2.89. The minimum absolute atomic E-state index is 0.522. The lowest BCUT2D eigenvalue weighted by Gasteiger charge is -2.26. The first kappa shape index (κ1) is 15.7. The summed E-state index contributed by atoms with van der Waals surface area (Å²) in [7, 11) is 0. The van der Waals surface area contributed by atoms with Gasteiger partial charge in [-0.15, -0.1) is 0 Å². The monoisotopic (exact) mass is 349 g/mol. The number of halogens is 2. The van der Waals surface area contributed by atoms with Crippen molar-refractivity contribution >= 4 is 50.6 Å². The van der Waals surface area contributed by atoms with Crippen LogP contribution >= 0.6 is 39.7 Å². The second-order valence-corrected chi connectivity index (χ2v) is 6.33. The van der Waals surface area contributed by atoms with Gasteiger partial charge in [-0.2, -0.15) is 0 Å². The molecule has 0 atom stereocenters. The van der Waals surface area contributed by atoms with E-state index in [-0.39, 0.29) is 0 Å². The van der Waals surface area contributed by atoms with Gasteiger partial charge in [-0.1, -0.05) is 37.7 Å². The van der Waals surface area contributed by atoms with Crippen molar-refractivity contribution in [3.8, 4) is 0 Å². The van der Waals surface area contributed by atoms with Crippen molar-refractivity contribution in [2.45, 2.75) is 20.3 Å². The molecular weight excluding hydrogens is 334 g/mol. The third-order valence-electron chi connectivity index (χ3n) is 2.30. The summed E-state index contributed by atoms with van der Waals surface area (Å²) in [5.41, 5.74) is 5.56. The van der Waals surface area contributed by atoms with Crippen LogP contribution in [0.2, 0.25) is 5.02 Å². The van der Waals surface area contributed by atoms with Crippen LogP contribution in [0.25, 0.3) is 0 Å². The van der Waals surface area contributed by atoms with Gasteiger partial charge in [-0.25, -0.2) is 4.98 Å². The maximum atomic E-state index is 5.90. The number of hydrogen-bond donors (Lipinski definition) is 1. The number of pyridine rings is 1. The van der Waals surface area contributed by atoms with E-state index in [4.69, 9.17) is 29.6 Å². The summed E-state index contributed by atoms with van der Waals surface area (Å²) in [6, 6.07) is 1.85. The Hall–Kier alpha value is -0.390. The average molecular weight is 351 g/mol. The SMILES string of the molecule is CC(C)CN(CCC(N)=S)c1ncc(Cl)cc1Br. The van der Waals surface area contributed by atoms with Crippen LogP contribution in [-0.2, 0) is 0 Å². The first-order valence-electron chi connectivity index (χ1n) is 5.74. The summed E-state index contributed by atoms with van der Waals surface area (Å²) >= 11 is 14.3. The Labute approximate surface area is 127 Å². The van der Waals surface area contributed by atoms with E-state index in [0.29, 0.717) is 22.3 Å². The molecule has 0 amide bonds. The summed E-state index contributed by atoms with van der Waals surface area (Å²) in [5, 5.41) is 0.615. The fourth-order valence-electron chi connectivity index (χ4n) is 1.61. The van der Waals surface area contributed by atoms with Gasteiger partial charge >= 0.3 is 0 Å². The van der Waals surface area contributed by atoms with Gasteiger partial charge in [0.25, 0.3) is 0 Å². The molecule has 1 aromatic heterocycles. The maximum absolute atomic E-state index is 5.90. The molecule has 2 N–H and O–H groups in total. The molecule has 0 bridgehead atoms. The average Bonchev–Trinajstić information content (AvgIpc) is 2.24. The van der Waals surface area contributed by atoms with Crippen molar-refractivity contribution < 1.29 is 0 Å². The van der Waals surface area contributed by atoms with Crippen LogP contribution < -0.4 is 10.6 Å². The Morgan fingerprint density at radius 2 is 2.28 bits per heavy atom. The molecule has 0 radical (unpaired) electrons. The zero-order valence-electron chi connectivity index (χ0n) is 10.5. The van der Waals surface area contributed by atoms with Gasteiger partial charge in [0.15, 0.2) is 0 Å². The number of hydrogen-bond acceptors (Lipinski definition) is 3. The molecule has 0 unspecified atom stereocenters. The molecule has 3 nitrogen and oxygen atoms in total. The predicted octanol–water partition coefficient (Wildman–Crippen LogP) is 3.64. The highest BCUT2D eigenvalue weighted by atomic mass is 79.9. The van der Waals surface area contributed by atoms with Crippen LogP contribution in [0, 0.1) is 5.92 Å². The molecule has 0 fully saturated rings. The van der Waals surface area contributed by atoms with Gasteiger partial charge in [-0.3, -0.25) is 0 Å². The molecule has 1 rings (SSSR count). The molecule has 0 aliphatic carbocycles.